The Hall–Kier alpha value is 0.320. The molecule has 0 radical (unpaired) electrons. The molecule has 1 saturated heterocycles. The van der Waals surface area contributed by atoms with Gasteiger partial charge in [0.05, 0.1) is 37.2 Å². The predicted octanol–water partition coefficient (Wildman–Crippen LogP) is -6.77. The molecule has 1 aromatic rings. The van der Waals surface area contributed by atoms with Gasteiger partial charge in [0.25, 0.3) is 0 Å². The molecular formula is C17H26N2Na2O10S2. The predicted molar refractivity (Wildman–Crippen MR) is 107 cm³/mol. The first-order valence-corrected chi connectivity index (χ1v) is 12.2. The third-order valence-electron chi connectivity index (χ3n) is 4.75. The Labute approximate surface area is 239 Å². The molecule has 1 heterocycles. The van der Waals surface area contributed by atoms with Crippen LogP contribution in [-0.4, -0.2) is 102 Å². The van der Waals surface area contributed by atoms with Gasteiger partial charge < -0.3 is 23.3 Å². The van der Waals surface area contributed by atoms with E-state index in [0.29, 0.717) is 50.0 Å². The van der Waals surface area contributed by atoms with E-state index < -0.39 is 32.4 Å². The normalized spacial score (nSPS) is 16.3. The van der Waals surface area contributed by atoms with Gasteiger partial charge >= 0.3 is 59.1 Å². The van der Waals surface area contributed by atoms with Crippen LogP contribution in [0.3, 0.4) is 0 Å². The van der Waals surface area contributed by atoms with E-state index in [2.05, 4.69) is 9.08 Å². The maximum absolute atomic E-state index is 11.0. The second-order valence-electron chi connectivity index (χ2n) is 6.92. The fourth-order valence-corrected chi connectivity index (χ4v) is 4.63. The summed E-state index contributed by atoms with van der Waals surface area (Å²) < 4.78 is 85.9. The Morgan fingerprint density at radius 2 is 1.42 bits per heavy atom. The van der Waals surface area contributed by atoms with Crippen molar-refractivity contribution in [2.24, 2.45) is 0 Å². The Morgan fingerprint density at radius 3 is 1.88 bits per heavy atom. The number of rotatable bonds is 11. The second kappa shape index (κ2) is 14.8. The molecule has 1 aromatic carbocycles. The summed E-state index contributed by atoms with van der Waals surface area (Å²) >= 11 is 0. The van der Waals surface area contributed by atoms with Crippen LogP contribution in [0.15, 0.2) is 12.1 Å². The van der Waals surface area contributed by atoms with Crippen molar-refractivity contribution in [1.82, 2.24) is 9.80 Å². The molecule has 0 N–H and O–H groups in total. The molecule has 0 spiro atoms. The standard InChI is InChI=1S/C17H28N2O10S2.2Na/c1-26-15-5-4-13(16(27-2)17(15)28-3)10-18-6-8-19(9-7-18)11-14(12-30(20,21)22)29-31(23,24)25;;/h4-5,14H,6-12H2,1-3H3,(H,20,21,22)(H,23,24,25);;/q;2*+1/p-2. The minimum absolute atomic E-state index is 0. The molecule has 33 heavy (non-hydrogen) atoms. The maximum Gasteiger partial charge on any atom is 1.00 e. The summed E-state index contributed by atoms with van der Waals surface area (Å²) in [7, 11) is -5.33. The average Bonchev–Trinajstić information content (AvgIpc) is 2.66. The number of ether oxygens (including phenoxy) is 3. The van der Waals surface area contributed by atoms with Gasteiger partial charge in [0.1, 0.15) is 6.10 Å². The number of methoxy groups -OCH3 is 3. The molecule has 0 aliphatic carbocycles. The van der Waals surface area contributed by atoms with Crippen molar-refractivity contribution in [3.05, 3.63) is 17.7 Å². The van der Waals surface area contributed by atoms with Gasteiger partial charge in [-0.15, -0.1) is 0 Å². The molecule has 0 bridgehead atoms. The molecule has 12 nitrogen and oxygen atoms in total. The zero-order valence-corrected chi connectivity index (χ0v) is 25.1. The van der Waals surface area contributed by atoms with Gasteiger partial charge in [0, 0.05) is 44.8 Å². The van der Waals surface area contributed by atoms with Gasteiger partial charge in [0.15, 0.2) is 11.5 Å². The topological polar surface area (TPSA) is 158 Å². The molecular weight excluding hydrogens is 502 g/mol. The van der Waals surface area contributed by atoms with Crippen LogP contribution in [0.25, 0.3) is 0 Å². The summed E-state index contributed by atoms with van der Waals surface area (Å²) in [4.78, 5) is 3.86. The van der Waals surface area contributed by atoms with E-state index in [4.69, 9.17) is 14.2 Å². The van der Waals surface area contributed by atoms with Crippen molar-refractivity contribution in [3.63, 3.8) is 0 Å². The number of benzene rings is 1. The summed E-state index contributed by atoms with van der Waals surface area (Å²) in [6.07, 6.45) is -1.55. The van der Waals surface area contributed by atoms with Crippen molar-refractivity contribution in [2.75, 3.05) is 59.8 Å². The van der Waals surface area contributed by atoms with Crippen molar-refractivity contribution in [1.29, 1.82) is 0 Å². The van der Waals surface area contributed by atoms with Crippen LogP contribution in [0, 0.1) is 0 Å². The fourth-order valence-electron chi connectivity index (χ4n) is 3.45. The summed E-state index contributed by atoms with van der Waals surface area (Å²) in [5.74, 6) is 0.482. The smallest absolute Gasteiger partial charge is 0.748 e. The molecule has 0 aromatic heterocycles. The summed E-state index contributed by atoms with van der Waals surface area (Å²) in [5.41, 5.74) is 0.879. The number of piperazine rings is 1. The Bertz CT molecular complexity index is 921. The summed E-state index contributed by atoms with van der Waals surface area (Å²) in [6.45, 7) is 2.41. The molecule has 1 fully saturated rings. The van der Waals surface area contributed by atoms with Gasteiger partial charge in [-0.25, -0.2) is 16.8 Å². The first-order valence-electron chi connectivity index (χ1n) is 9.26. The quantitative estimate of drug-likeness (QED) is 0.152. The maximum atomic E-state index is 11.0. The minimum atomic E-state index is -5.14. The first-order chi connectivity index (χ1) is 14.5. The fraction of sp³-hybridized carbons (Fsp3) is 0.647. The van der Waals surface area contributed by atoms with Crippen LogP contribution in [-0.2, 0) is 31.2 Å². The molecule has 16 heteroatoms. The van der Waals surface area contributed by atoms with Gasteiger partial charge in [-0.3, -0.25) is 14.0 Å². The molecule has 1 aliphatic rings. The van der Waals surface area contributed by atoms with Gasteiger partial charge in [-0.1, -0.05) is 6.07 Å². The van der Waals surface area contributed by atoms with E-state index in [9.17, 15) is 25.9 Å². The zero-order valence-electron chi connectivity index (χ0n) is 19.5. The molecule has 1 aliphatic heterocycles. The van der Waals surface area contributed by atoms with Crippen LogP contribution in [0.4, 0.5) is 0 Å². The number of hydrogen-bond donors (Lipinski definition) is 0. The number of nitrogens with zero attached hydrogens (tertiary/aromatic N) is 2. The summed E-state index contributed by atoms with van der Waals surface area (Å²) in [5, 5.41) is 0. The van der Waals surface area contributed by atoms with Crippen LogP contribution >= 0.6 is 0 Å². The Morgan fingerprint density at radius 1 is 0.879 bits per heavy atom. The molecule has 1 atom stereocenters. The van der Waals surface area contributed by atoms with Gasteiger partial charge in [-0.2, -0.15) is 0 Å². The van der Waals surface area contributed by atoms with Crippen molar-refractivity contribution in [3.8, 4) is 17.2 Å². The minimum Gasteiger partial charge on any atom is -0.748 e. The van der Waals surface area contributed by atoms with Gasteiger partial charge in [0.2, 0.25) is 16.1 Å². The van der Waals surface area contributed by atoms with Crippen LogP contribution < -0.4 is 73.3 Å². The molecule has 0 saturated carbocycles. The van der Waals surface area contributed by atoms with Crippen molar-refractivity contribution < 1.29 is 103 Å². The van der Waals surface area contributed by atoms with Crippen molar-refractivity contribution >= 4 is 20.5 Å². The second-order valence-corrected chi connectivity index (χ2v) is 9.38. The van der Waals surface area contributed by atoms with Crippen LogP contribution in [0.1, 0.15) is 5.56 Å². The molecule has 1 unspecified atom stereocenters. The number of hydrogen-bond acceptors (Lipinski definition) is 12. The molecule has 2 rings (SSSR count). The Balaban J connectivity index is 0.00000512. The molecule has 178 valence electrons. The van der Waals surface area contributed by atoms with Gasteiger partial charge in [-0.05, 0) is 6.07 Å². The zero-order chi connectivity index (χ0) is 23.2. The van der Waals surface area contributed by atoms with E-state index in [1.807, 2.05) is 6.07 Å². The van der Waals surface area contributed by atoms with Crippen molar-refractivity contribution in [2.45, 2.75) is 12.6 Å². The monoisotopic (exact) mass is 528 g/mol. The third kappa shape index (κ3) is 11.3. The summed E-state index contributed by atoms with van der Waals surface area (Å²) in [6, 6.07) is 3.65. The largest absolute Gasteiger partial charge is 1.00 e. The third-order valence-corrected chi connectivity index (χ3v) is 6.04. The van der Waals surface area contributed by atoms with E-state index in [1.54, 1.807) is 11.0 Å². The SMILES string of the molecule is COc1ccc(CN2CCN(CC(CS(=O)(=O)[O-])OS(=O)(=O)[O-])CC2)c(OC)c1OC.[Na+].[Na+]. The average molecular weight is 529 g/mol. The first kappa shape index (κ1) is 33.3. The molecule has 0 amide bonds. The van der Waals surface area contributed by atoms with E-state index in [1.165, 1.54) is 21.3 Å². The van der Waals surface area contributed by atoms with E-state index in [-0.39, 0.29) is 65.7 Å². The van der Waals surface area contributed by atoms with Crippen LogP contribution in [0.2, 0.25) is 0 Å². The van der Waals surface area contributed by atoms with Crippen LogP contribution in [0.5, 0.6) is 17.2 Å². The Kier molecular flexibility index (Phi) is 14.9. The van der Waals surface area contributed by atoms with E-state index >= 15 is 0 Å². The van der Waals surface area contributed by atoms with E-state index in [0.717, 1.165) is 5.56 Å².